The maximum absolute atomic E-state index is 13.8. The Kier molecular flexibility index (Phi) is 5.15. The molecule has 0 unspecified atom stereocenters. The van der Waals surface area contributed by atoms with Gasteiger partial charge in [-0.25, -0.2) is 9.37 Å². The minimum atomic E-state index is -0.113. The van der Waals surface area contributed by atoms with Crippen molar-refractivity contribution < 1.29 is 8.81 Å². The fourth-order valence-corrected chi connectivity index (χ4v) is 4.02. The molecule has 26 heavy (non-hydrogen) atoms. The maximum atomic E-state index is 13.8. The first-order chi connectivity index (χ1) is 12.7. The first-order valence-electron chi connectivity index (χ1n) is 8.87. The van der Waals surface area contributed by atoms with Crippen molar-refractivity contribution in [2.75, 3.05) is 26.2 Å². The van der Waals surface area contributed by atoms with Crippen LogP contribution in [-0.2, 0) is 13.1 Å². The summed E-state index contributed by atoms with van der Waals surface area (Å²) in [7, 11) is 0. The molecule has 1 saturated heterocycles. The molecule has 0 N–H and O–H groups in total. The summed E-state index contributed by atoms with van der Waals surface area (Å²) in [6, 6.07) is 11.0. The summed E-state index contributed by atoms with van der Waals surface area (Å²) in [5.41, 5.74) is 1.86. The van der Waals surface area contributed by atoms with Crippen LogP contribution in [-0.4, -0.2) is 41.0 Å². The molecular formula is C20H22FN3OS. The van der Waals surface area contributed by atoms with E-state index < -0.39 is 0 Å². The van der Waals surface area contributed by atoms with Gasteiger partial charge in [0.2, 0.25) is 0 Å². The number of aryl methyl sites for hydroxylation is 1. The molecule has 4 rings (SSSR count). The van der Waals surface area contributed by atoms with Crippen molar-refractivity contribution >= 4 is 11.3 Å². The van der Waals surface area contributed by atoms with Crippen LogP contribution >= 0.6 is 11.3 Å². The summed E-state index contributed by atoms with van der Waals surface area (Å²) in [4.78, 5) is 9.43. The van der Waals surface area contributed by atoms with E-state index in [1.54, 1.807) is 17.4 Å². The molecule has 136 valence electrons. The quantitative estimate of drug-likeness (QED) is 0.674. The van der Waals surface area contributed by atoms with Crippen LogP contribution in [0.1, 0.15) is 17.0 Å². The van der Waals surface area contributed by atoms with Crippen LogP contribution in [0, 0.1) is 12.7 Å². The van der Waals surface area contributed by atoms with Gasteiger partial charge in [0.25, 0.3) is 0 Å². The molecule has 0 atom stereocenters. The monoisotopic (exact) mass is 371 g/mol. The lowest BCUT2D eigenvalue weighted by Crippen LogP contribution is -2.45. The van der Waals surface area contributed by atoms with Crippen molar-refractivity contribution in [3.8, 4) is 10.8 Å². The topological polar surface area (TPSA) is 32.5 Å². The highest BCUT2D eigenvalue weighted by Crippen LogP contribution is 2.26. The van der Waals surface area contributed by atoms with E-state index in [0.29, 0.717) is 6.54 Å². The average Bonchev–Trinajstić information content (AvgIpc) is 3.27. The Morgan fingerprint density at radius 2 is 1.77 bits per heavy atom. The Hall–Kier alpha value is -2.02. The molecule has 0 spiro atoms. The Morgan fingerprint density at radius 1 is 1.04 bits per heavy atom. The van der Waals surface area contributed by atoms with Crippen molar-refractivity contribution in [1.82, 2.24) is 14.8 Å². The highest BCUT2D eigenvalue weighted by atomic mass is 32.1. The van der Waals surface area contributed by atoms with Gasteiger partial charge in [0.05, 0.1) is 5.69 Å². The molecule has 4 nitrogen and oxygen atoms in total. The number of hydrogen-bond acceptors (Lipinski definition) is 5. The van der Waals surface area contributed by atoms with E-state index >= 15 is 0 Å². The second kappa shape index (κ2) is 7.70. The number of furan rings is 1. The summed E-state index contributed by atoms with van der Waals surface area (Å²) in [6.45, 7) is 7.31. The fraction of sp³-hybridized carbons (Fsp3) is 0.350. The van der Waals surface area contributed by atoms with E-state index in [1.165, 1.54) is 6.07 Å². The van der Waals surface area contributed by atoms with E-state index in [4.69, 9.17) is 9.40 Å². The molecule has 1 fully saturated rings. The SMILES string of the molecule is Cc1ccc(-c2nc(CN3CCN(Cc4ccccc4F)CC3)cs2)o1. The Balaban J connectivity index is 1.30. The molecule has 3 heterocycles. The molecule has 3 aromatic rings. The number of nitrogens with zero attached hydrogens (tertiary/aromatic N) is 3. The van der Waals surface area contributed by atoms with Gasteiger partial charge in [-0.2, -0.15) is 0 Å². The molecule has 1 aromatic carbocycles. The molecule has 0 bridgehead atoms. The number of rotatable bonds is 5. The third kappa shape index (κ3) is 4.03. The van der Waals surface area contributed by atoms with Gasteiger partial charge in [0.1, 0.15) is 11.6 Å². The van der Waals surface area contributed by atoms with Gasteiger partial charge >= 0.3 is 0 Å². The molecule has 2 aromatic heterocycles. The predicted molar refractivity (Wildman–Crippen MR) is 102 cm³/mol. The average molecular weight is 371 g/mol. The third-order valence-corrected chi connectivity index (χ3v) is 5.61. The largest absolute Gasteiger partial charge is 0.459 e. The molecule has 0 aliphatic carbocycles. The number of benzene rings is 1. The normalized spacial score (nSPS) is 16.2. The smallest absolute Gasteiger partial charge is 0.162 e. The van der Waals surface area contributed by atoms with Gasteiger partial charge in [-0.3, -0.25) is 9.80 Å². The van der Waals surface area contributed by atoms with E-state index in [-0.39, 0.29) is 5.82 Å². The highest BCUT2D eigenvalue weighted by Gasteiger charge is 2.19. The molecule has 1 aliphatic rings. The van der Waals surface area contributed by atoms with Crippen LogP contribution in [0.3, 0.4) is 0 Å². The van der Waals surface area contributed by atoms with Crippen molar-refractivity contribution in [1.29, 1.82) is 0 Å². The number of piperazine rings is 1. The lowest BCUT2D eigenvalue weighted by molar-refractivity contribution is 0.120. The summed E-state index contributed by atoms with van der Waals surface area (Å²) in [5.74, 6) is 1.63. The number of thiazole rings is 1. The van der Waals surface area contributed by atoms with E-state index in [1.807, 2.05) is 31.2 Å². The van der Waals surface area contributed by atoms with Crippen LogP contribution in [0.2, 0.25) is 0 Å². The van der Waals surface area contributed by atoms with Crippen LogP contribution in [0.4, 0.5) is 4.39 Å². The van der Waals surface area contributed by atoms with E-state index in [0.717, 1.165) is 60.5 Å². The summed E-state index contributed by atoms with van der Waals surface area (Å²) >= 11 is 1.62. The number of hydrogen-bond donors (Lipinski definition) is 0. The van der Waals surface area contributed by atoms with Crippen LogP contribution in [0.25, 0.3) is 10.8 Å². The molecule has 6 heteroatoms. The van der Waals surface area contributed by atoms with Gasteiger partial charge in [-0.15, -0.1) is 11.3 Å². The molecule has 0 saturated carbocycles. The van der Waals surface area contributed by atoms with Crippen LogP contribution < -0.4 is 0 Å². The zero-order chi connectivity index (χ0) is 17.9. The second-order valence-electron chi connectivity index (χ2n) is 6.70. The highest BCUT2D eigenvalue weighted by molar-refractivity contribution is 7.13. The summed E-state index contributed by atoms with van der Waals surface area (Å²) < 4.78 is 19.5. The van der Waals surface area contributed by atoms with Crippen molar-refractivity contribution in [3.05, 3.63) is 64.6 Å². The molecular weight excluding hydrogens is 349 g/mol. The third-order valence-electron chi connectivity index (χ3n) is 4.71. The Bertz CT molecular complexity index is 867. The second-order valence-corrected chi connectivity index (χ2v) is 7.56. The van der Waals surface area contributed by atoms with Crippen molar-refractivity contribution in [3.63, 3.8) is 0 Å². The number of halogens is 1. The summed E-state index contributed by atoms with van der Waals surface area (Å²) in [6.07, 6.45) is 0. The van der Waals surface area contributed by atoms with Crippen LogP contribution in [0.15, 0.2) is 46.2 Å². The zero-order valence-electron chi connectivity index (χ0n) is 14.8. The minimum absolute atomic E-state index is 0.113. The Morgan fingerprint density at radius 3 is 2.46 bits per heavy atom. The van der Waals surface area contributed by atoms with Crippen molar-refractivity contribution in [2.45, 2.75) is 20.0 Å². The lowest BCUT2D eigenvalue weighted by atomic mass is 10.2. The predicted octanol–water partition coefficient (Wildman–Crippen LogP) is 4.17. The van der Waals surface area contributed by atoms with Gasteiger partial charge in [-0.1, -0.05) is 18.2 Å². The number of aromatic nitrogens is 1. The van der Waals surface area contributed by atoms with Gasteiger partial charge in [0.15, 0.2) is 10.8 Å². The molecule has 1 aliphatic heterocycles. The molecule has 0 radical (unpaired) electrons. The van der Waals surface area contributed by atoms with Gasteiger partial charge < -0.3 is 4.42 Å². The standard InChI is InChI=1S/C20H22FN3OS/c1-15-6-7-19(25-15)20-22-17(14-26-20)13-24-10-8-23(9-11-24)12-16-4-2-3-5-18(16)21/h2-7,14H,8-13H2,1H3. The van der Waals surface area contributed by atoms with E-state index in [2.05, 4.69) is 15.2 Å². The van der Waals surface area contributed by atoms with Gasteiger partial charge in [0, 0.05) is 50.2 Å². The fourth-order valence-electron chi connectivity index (χ4n) is 3.24. The zero-order valence-corrected chi connectivity index (χ0v) is 15.6. The minimum Gasteiger partial charge on any atom is -0.459 e. The first kappa shape index (κ1) is 17.4. The summed E-state index contributed by atoms with van der Waals surface area (Å²) in [5, 5.41) is 3.05. The Labute approximate surface area is 156 Å². The molecule has 0 amide bonds. The maximum Gasteiger partial charge on any atom is 0.162 e. The lowest BCUT2D eigenvalue weighted by Gasteiger charge is -2.34. The van der Waals surface area contributed by atoms with Gasteiger partial charge in [-0.05, 0) is 25.1 Å². The first-order valence-corrected chi connectivity index (χ1v) is 9.75. The van der Waals surface area contributed by atoms with Crippen molar-refractivity contribution in [2.24, 2.45) is 0 Å². The van der Waals surface area contributed by atoms with E-state index in [9.17, 15) is 4.39 Å². The van der Waals surface area contributed by atoms with Crippen LogP contribution in [0.5, 0.6) is 0 Å².